The lowest BCUT2D eigenvalue weighted by Gasteiger charge is -2.24. The van der Waals surface area contributed by atoms with Crippen molar-refractivity contribution in [3.63, 3.8) is 0 Å². The second-order valence-corrected chi connectivity index (χ2v) is 9.41. The van der Waals surface area contributed by atoms with Crippen LogP contribution in [0.3, 0.4) is 0 Å². The molecule has 1 heterocycles. The van der Waals surface area contributed by atoms with Gasteiger partial charge in [0, 0.05) is 31.5 Å². The molecule has 3 unspecified atom stereocenters. The zero-order valence-corrected chi connectivity index (χ0v) is 19.7. The number of hydrogen-bond donors (Lipinski definition) is 2. The standard InChI is InChI=1S/C27H32N2O5/c1-17(11-12-25(30)29-14-13-19(18(29)2)26(31)32)15-28-27(33)34-16-24-22-9-5-3-7-20(22)21-8-4-6-10-23(21)24/h3-10,17-19,24H,11-16H2,1-2H3,(H,28,33)(H,31,32). The number of amides is 2. The highest BCUT2D eigenvalue weighted by Crippen LogP contribution is 2.44. The molecule has 3 atom stereocenters. The van der Waals surface area contributed by atoms with Crippen LogP contribution in [0.25, 0.3) is 11.1 Å². The molecule has 7 nitrogen and oxygen atoms in total. The summed E-state index contributed by atoms with van der Waals surface area (Å²) in [6, 6.07) is 16.1. The van der Waals surface area contributed by atoms with E-state index in [-0.39, 0.29) is 30.4 Å². The Balaban J connectivity index is 1.21. The van der Waals surface area contributed by atoms with E-state index < -0.39 is 18.0 Å². The van der Waals surface area contributed by atoms with Gasteiger partial charge in [-0.05, 0) is 47.9 Å². The Kier molecular flexibility index (Phi) is 7.20. The van der Waals surface area contributed by atoms with Crippen LogP contribution in [0.15, 0.2) is 48.5 Å². The molecule has 0 spiro atoms. The Morgan fingerprint density at radius 2 is 1.71 bits per heavy atom. The number of rotatable bonds is 8. The second kappa shape index (κ2) is 10.3. The Hall–Kier alpha value is -3.35. The normalized spacial score (nSPS) is 19.9. The quantitative estimate of drug-likeness (QED) is 0.609. The summed E-state index contributed by atoms with van der Waals surface area (Å²) in [4.78, 5) is 37.8. The molecule has 0 aromatic heterocycles. The third-order valence-corrected chi connectivity index (χ3v) is 7.18. The average molecular weight is 465 g/mol. The lowest BCUT2D eigenvalue weighted by atomic mass is 9.98. The number of carbonyl (C=O) groups excluding carboxylic acids is 2. The average Bonchev–Trinajstić information content (AvgIpc) is 3.38. The van der Waals surface area contributed by atoms with Crippen LogP contribution in [0.4, 0.5) is 4.79 Å². The summed E-state index contributed by atoms with van der Waals surface area (Å²) in [6.45, 7) is 4.95. The van der Waals surface area contributed by atoms with Gasteiger partial charge >= 0.3 is 12.1 Å². The molecule has 2 aromatic carbocycles. The van der Waals surface area contributed by atoms with E-state index in [1.807, 2.05) is 31.2 Å². The molecular formula is C27H32N2O5. The second-order valence-electron chi connectivity index (χ2n) is 9.41. The van der Waals surface area contributed by atoms with Gasteiger partial charge in [-0.3, -0.25) is 9.59 Å². The van der Waals surface area contributed by atoms with Crippen LogP contribution >= 0.6 is 0 Å². The molecule has 1 aliphatic carbocycles. The molecule has 2 amide bonds. The molecule has 2 N–H and O–H groups in total. The smallest absolute Gasteiger partial charge is 0.407 e. The highest BCUT2D eigenvalue weighted by atomic mass is 16.5. The van der Waals surface area contributed by atoms with Gasteiger partial charge in [-0.1, -0.05) is 55.5 Å². The zero-order chi connectivity index (χ0) is 24.2. The lowest BCUT2D eigenvalue weighted by Crippen LogP contribution is -2.38. The Bertz CT molecular complexity index is 1020. The van der Waals surface area contributed by atoms with E-state index in [1.165, 1.54) is 22.3 Å². The number of hydrogen-bond acceptors (Lipinski definition) is 4. The molecule has 180 valence electrons. The van der Waals surface area contributed by atoms with E-state index in [1.54, 1.807) is 11.8 Å². The largest absolute Gasteiger partial charge is 0.481 e. The van der Waals surface area contributed by atoms with Gasteiger partial charge in [-0.25, -0.2) is 4.79 Å². The van der Waals surface area contributed by atoms with E-state index in [9.17, 15) is 19.5 Å². The highest BCUT2D eigenvalue weighted by molar-refractivity contribution is 5.80. The number of likely N-dealkylation sites (tertiary alicyclic amines) is 1. The van der Waals surface area contributed by atoms with Crippen molar-refractivity contribution in [3.05, 3.63) is 59.7 Å². The maximum absolute atomic E-state index is 12.5. The minimum absolute atomic E-state index is 0.0188. The van der Waals surface area contributed by atoms with Crippen molar-refractivity contribution >= 4 is 18.0 Å². The van der Waals surface area contributed by atoms with Crippen molar-refractivity contribution < 1.29 is 24.2 Å². The van der Waals surface area contributed by atoms with Gasteiger partial charge in [-0.2, -0.15) is 0 Å². The van der Waals surface area contributed by atoms with Crippen molar-refractivity contribution in [2.24, 2.45) is 11.8 Å². The number of alkyl carbamates (subject to hydrolysis) is 1. The third kappa shape index (κ3) is 4.93. The lowest BCUT2D eigenvalue weighted by molar-refractivity contribution is -0.143. The fourth-order valence-corrected chi connectivity index (χ4v) is 5.14. The number of carboxylic acid groups (broad SMARTS) is 1. The summed E-state index contributed by atoms with van der Waals surface area (Å²) in [6.07, 6.45) is 0.993. The number of fused-ring (bicyclic) bond motifs is 3. The first-order valence-electron chi connectivity index (χ1n) is 12.0. The van der Waals surface area contributed by atoms with E-state index >= 15 is 0 Å². The maximum atomic E-state index is 12.5. The van der Waals surface area contributed by atoms with E-state index in [0.717, 1.165) is 0 Å². The first-order chi connectivity index (χ1) is 16.4. The summed E-state index contributed by atoms with van der Waals surface area (Å²) in [5, 5.41) is 12.1. The number of carboxylic acids is 1. The fourth-order valence-electron chi connectivity index (χ4n) is 5.14. The van der Waals surface area contributed by atoms with Crippen LogP contribution < -0.4 is 5.32 Å². The van der Waals surface area contributed by atoms with Crippen LogP contribution in [0.1, 0.15) is 50.2 Å². The van der Waals surface area contributed by atoms with Crippen molar-refractivity contribution in [1.82, 2.24) is 10.2 Å². The SMILES string of the molecule is CC(CCC(=O)N1CCC(C(=O)O)C1C)CNC(=O)OCC1c2ccccc2-c2ccccc21. The zero-order valence-electron chi connectivity index (χ0n) is 19.7. The highest BCUT2D eigenvalue weighted by Gasteiger charge is 2.37. The van der Waals surface area contributed by atoms with Crippen LogP contribution in [-0.4, -0.2) is 53.7 Å². The van der Waals surface area contributed by atoms with Gasteiger partial charge in [0.15, 0.2) is 0 Å². The van der Waals surface area contributed by atoms with E-state index in [4.69, 9.17) is 4.74 Å². The summed E-state index contributed by atoms with van der Waals surface area (Å²) in [7, 11) is 0. The van der Waals surface area contributed by atoms with Crippen molar-refractivity contribution in [2.75, 3.05) is 19.7 Å². The number of ether oxygens (including phenoxy) is 1. The topological polar surface area (TPSA) is 95.9 Å². The Morgan fingerprint density at radius 3 is 2.29 bits per heavy atom. The van der Waals surface area contributed by atoms with Crippen molar-refractivity contribution in [2.45, 2.75) is 45.1 Å². The number of benzene rings is 2. The molecule has 34 heavy (non-hydrogen) atoms. The van der Waals surface area contributed by atoms with Crippen LogP contribution in [0, 0.1) is 11.8 Å². The molecule has 7 heteroatoms. The van der Waals surface area contributed by atoms with Gasteiger partial charge in [-0.15, -0.1) is 0 Å². The van der Waals surface area contributed by atoms with Crippen molar-refractivity contribution in [1.29, 1.82) is 0 Å². The number of nitrogens with zero attached hydrogens (tertiary/aromatic N) is 1. The molecule has 0 saturated carbocycles. The predicted molar refractivity (Wildman–Crippen MR) is 128 cm³/mol. The van der Waals surface area contributed by atoms with Crippen LogP contribution in [-0.2, 0) is 14.3 Å². The molecule has 2 aromatic rings. The van der Waals surface area contributed by atoms with Crippen LogP contribution in [0.5, 0.6) is 0 Å². The molecule has 1 fully saturated rings. The molecule has 2 aliphatic rings. The molecule has 0 radical (unpaired) electrons. The minimum atomic E-state index is -0.844. The minimum Gasteiger partial charge on any atom is -0.481 e. The number of aliphatic carboxylic acids is 1. The Labute approximate surface area is 200 Å². The first kappa shape index (κ1) is 23.8. The van der Waals surface area contributed by atoms with Gasteiger partial charge in [0.05, 0.1) is 5.92 Å². The van der Waals surface area contributed by atoms with Gasteiger partial charge in [0.25, 0.3) is 0 Å². The van der Waals surface area contributed by atoms with Crippen LogP contribution in [0.2, 0.25) is 0 Å². The van der Waals surface area contributed by atoms with Gasteiger partial charge in [0.1, 0.15) is 6.61 Å². The van der Waals surface area contributed by atoms with Gasteiger partial charge < -0.3 is 20.1 Å². The first-order valence-corrected chi connectivity index (χ1v) is 12.0. The maximum Gasteiger partial charge on any atom is 0.407 e. The fraction of sp³-hybridized carbons (Fsp3) is 0.444. The number of carbonyl (C=O) groups is 3. The summed E-state index contributed by atoms with van der Waals surface area (Å²) in [5.41, 5.74) is 4.72. The molecular weight excluding hydrogens is 432 g/mol. The molecule has 4 rings (SSSR count). The van der Waals surface area contributed by atoms with E-state index in [0.29, 0.717) is 32.4 Å². The summed E-state index contributed by atoms with van der Waals surface area (Å²) < 4.78 is 5.56. The van der Waals surface area contributed by atoms with Crippen molar-refractivity contribution in [3.8, 4) is 11.1 Å². The summed E-state index contributed by atoms with van der Waals surface area (Å²) in [5.74, 6) is -1.24. The van der Waals surface area contributed by atoms with E-state index in [2.05, 4.69) is 29.6 Å². The Morgan fingerprint density at radius 1 is 1.09 bits per heavy atom. The monoisotopic (exact) mass is 464 g/mol. The molecule has 1 saturated heterocycles. The number of nitrogens with one attached hydrogen (secondary N) is 1. The molecule has 0 bridgehead atoms. The summed E-state index contributed by atoms with van der Waals surface area (Å²) >= 11 is 0. The molecule has 1 aliphatic heterocycles. The van der Waals surface area contributed by atoms with Gasteiger partial charge in [0.2, 0.25) is 5.91 Å². The predicted octanol–water partition coefficient (Wildman–Crippen LogP) is 4.26. The third-order valence-electron chi connectivity index (χ3n) is 7.18.